The molecule has 0 fully saturated rings. The normalized spacial score (nSPS) is 10.6. The number of ether oxygens (including phenoxy) is 1. The maximum absolute atomic E-state index is 13.4. The Labute approximate surface area is 112 Å². The first-order valence-electron chi connectivity index (χ1n) is 6.36. The van der Waals surface area contributed by atoms with Gasteiger partial charge in [0.05, 0.1) is 12.9 Å². The molecule has 0 atom stereocenters. The Hall–Kier alpha value is -1.88. The van der Waals surface area contributed by atoms with Crippen molar-refractivity contribution in [3.05, 3.63) is 48.3 Å². The van der Waals surface area contributed by atoms with Gasteiger partial charge in [0.15, 0.2) is 0 Å². The fourth-order valence-corrected chi connectivity index (χ4v) is 1.87. The Balaban J connectivity index is 1.81. The van der Waals surface area contributed by atoms with Crippen molar-refractivity contribution in [2.45, 2.75) is 19.4 Å². The molecule has 0 radical (unpaired) electrons. The Morgan fingerprint density at radius 2 is 2.21 bits per heavy atom. The summed E-state index contributed by atoms with van der Waals surface area (Å²) in [5.74, 6) is 0.282. The van der Waals surface area contributed by atoms with Crippen LogP contribution in [0.2, 0.25) is 0 Å². The molecule has 2 aromatic rings. The van der Waals surface area contributed by atoms with E-state index < -0.39 is 0 Å². The highest BCUT2D eigenvalue weighted by Crippen LogP contribution is 2.17. The number of rotatable bonds is 7. The van der Waals surface area contributed by atoms with Gasteiger partial charge in [0.1, 0.15) is 11.6 Å². The van der Waals surface area contributed by atoms with E-state index >= 15 is 0 Å². The van der Waals surface area contributed by atoms with E-state index in [2.05, 4.69) is 4.98 Å². The van der Waals surface area contributed by atoms with Gasteiger partial charge in [0, 0.05) is 25.0 Å². The van der Waals surface area contributed by atoms with Crippen molar-refractivity contribution < 1.29 is 9.13 Å². The SMILES string of the molecule is NCCc1cc(F)cc(OCCCn2ccnc2)c1. The Morgan fingerprint density at radius 3 is 2.95 bits per heavy atom. The smallest absolute Gasteiger partial charge is 0.127 e. The standard InChI is InChI=1S/C14H18FN3O/c15-13-8-12(2-3-16)9-14(10-13)19-7-1-5-18-6-4-17-11-18/h4,6,8-11H,1-3,5,7,16H2. The van der Waals surface area contributed by atoms with Crippen LogP contribution in [0.4, 0.5) is 4.39 Å². The number of halogens is 1. The van der Waals surface area contributed by atoms with Gasteiger partial charge in [-0.15, -0.1) is 0 Å². The first-order chi connectivity index (χ1) is 9.28. The molecule has 1 heterocycles. The van der Waals surface area contributed by atoms with Gasteiger partial charge in [-0.1, -0.05) is 0 Å². The number of aryl methyl sites for hydroxylation is 1. The molecule has 2 N–H and O–H groups in total. The zero-order valence-corrected chi connectivity index (χ0v) is 10.8. The number of benzene rings is 1. The van der Waals surface area contributed by atoms with Gasteiger partial charge >= 0.3 is 0 Å². The molecule has 2 rings (SSSR count). The lowest BCUT2D eigenvalue weighted by molar-refractivity contribution is 0.300. The lowest BCUT2D eigenvalue weighted by atomic mass is 10.1. The van der Waals surface area contributed by atoms with Crippen molar-refractivity contribution in [2.24, 2.45) is 5.73 Å². The largest absolute Gasteiger partial charge is 0.493 e. The van der Waals surface area contributed by atoms with E-state index in [9.17, 15) is 4.39 Å². The van der Waals surface area contributed by atoms with Crippen LogP contribution >= 0.6 is 0 Å². The van der Waals surface area contributed by atoms with E-state index in [1.165, 1.54) is 12.1 Å². The minimum absolute atomic E-state index is 0.282. The van der Waals surface area contributed by atoms with Crippen molar-refractivity contribution in [3.8, 4) is 5.75 Å². The van der Waals surface area contributed by atoms with Crippen LogP contribution in [0.15, 0.2) is 36.9 Å². The predicted octanol–water partition coefficient (Wildman–Crippen LogP) is 1.99. The van der Waals surface area contributed by atoms with Crippen LogP contribution in [0.25, 0.3) is 0 Å². The summed E-state index contributed by atoms with van der Waals surface area (Å²) in [7, 11) is 0. The molecule has 0 aliphatic heterocycles. The first-order valence-corrected chi connectivity index (χ1v) is 6.36. The highest BCUT2D eigenvalue weighted by molar-refractivity contribution is 5.29. The highest BCUT2D eigenvalue weighted by atomic mass is 19.1. The second kappa shape index (κ2) is 6.89. The number of aromatic nitrogens is 2. The Bertz CT molecular complexity index is 499. The summed E-state index contributed by atoms with van der Waals surface area (Å²) < 4.78 is 20.9. The molecular weight excluding hydrogens is 245 g/mol. The average Bonchev–Trinajstić information content (AvgIpc) is 2.87. The summed E-state index contributed by atoms with van der Waals surface area (Å²) in [5, 5.41) is 0. The van der Waals surface area contributed by atoms with E-state index in [1.54, 1.807) is 12.5 Å². The van der Waals surface area contributed by atoms with Gasteiger partial charge in [-0.3, -0.25) is 0 Å². The van der Waals surface area contributed by atoms with Crippen LogP contribution in [0.1, 0.15) is 12.0 Å². The molecule has 0 saturated heterocycles. The van der Waals surface area contributed by atoms with Gasteiger partial charge in [-0.25, -0.2) is 9.37 Å². The van der Waals surface area contributed by atoms with Gasteiger partial charge in [0.25, 0.3) is 0 Å². The van der Waals surface area contributed by atoms with Crippen molar-refractivity contribution in [1.82, 2.24) is 9.55 Å². The molecular formula is C14H18FN3O. The van der Waals surface area contributed by atoms with Crippen LogP contribution in [-0.2, 0) is 13.0 Å². The third-order valence-corrected chi connectivity index (χ3v) is 2.75. The summed E-state index contributed by atoms with van der Waals surface area (Å²) in [6.07, 6.45) is 6.91. The van der Waals surface area contributed by atoms with Crippen molar-refractivity contribution in [2.75, 3.05) is 13.2 Å². The second-order valence-corrected chi connectivity index (χ2v) is 4.34. The summed E-state index contributed by atoms with van der Waals surface area (Å²) >= 11 is 0. The van der Waals surface area contributed by atoms with E-state index in [1.807, 2.05) is 16.8 Å². The number of nitrogens with two attached hydrogens (primary N) is 1. The van der Waals surface area contributed by atoms with Gasteiger partial charge in [-0.05, 0) is 37.1 Å². The van der Waals surface area contributed by atoms with E-state index in [-0.39, 0.29) is 5.82 Å². The fourth-order valence-electron chi connectivity index (χ4n) is 1.87. The lowest BCUT2D eigenvalue weighted by Gasteiger charge is -2.08. The predicted molar refractivity (Wildman–Crippen MR) is 71.5 cm³/mol. The van der Waals surface area contributed by atoms with E-state index in [0.29, 0.717) is 25.3 Å². The maximum atomic E-state index is 13.4. The van der Waals surface area contributed by atoms with E-state index in [4.69, 9.17) is 10.5 Å². The molecule has 102 valence electrons. The van der Waals surface area contributed by atoms with Crippen molar-refractivity contribution in [1.29, 1.82) is 0 Å². The molecule has 0 aliphatic carbocycles. The zero-order chi connectivity index (χ0) is 13.5. The summed E-state index contributed by atoms with van der Waals surface area (Å²) in [5.41, 5.74) is 6.33. The molecule has 0 aliphatic rings. The molecule has 1 aromatic carbocycles. The van der Waals surface area contributed by atoms with Crippen LogP contribution in [0.3, 0.4) is 0 Å². The number of nitrogens with zero attached hydrogens (tertiary/aromatic N) is 2. The minimum Gasteiger partial charge on any atom is -0.493 e. The van der Waals surface area contributed by atoms with Crippen molar-refractivity contribution >= 4 is 0 Å². The highest BCUT2D eigenvalue weighted by Gasteiger charge is 2.01. The zero-order valence-electron chi connectivity index (χ0n) is 10.8. The topological polar surface area (TPSA) is 53.1 Å². The van der Waals surface area contributed by atoms with Gasteiger partial charge < -0.3 is 15.0 Å². The Kier molecular flexibility index (Phi) is 4.92. The summed E-state index contributed by atoms with van der Waals surface area (Å²) in [4.78, 5) is 3.96. The number of hydrogen-bond acceptors (Lipinski definition) is 3. The molecule has 0 unspecified atom stereocenters. The Morgan fingerprint density at radius 1 is 1.32 bits per heavy atom. The second-order valence-electron chi connectivity index (χ2n) is 4.34. The van der Waals surface area contributed by atoms with Crippen LogP contribution in [0, 0.1) is 5.82 Å². The van der Waals surface area contributed by atoms with Crippen molar-refractivity contribution in [3.63, 3.8) is 0 Å². The molecule has 0 spiro atoms. The molecule has 4 nitrogen and oxygen atoms in total. The molecule has 5 heteroatoms. The third-order valence-electron chi connectivity index (χ3n) is 2.75. The van der Waals surface area contributed by atoms with Crippen LogP contribution < -0.4 is 10.5 Å². The lowest BCUT2D eigenvalue weighted by Crippen LogP contribution is -2.05. The fraction of sp³-hybridized carbons (Fsp3) is 0.357. The number of hydrogen-bond donors (Lipinski definition) is 1. The van der Waals surface area contributed by atoms with Gasteiger partial charge in [0.2, 0.25) is 0 Å². The summed E-state index contributed by atoms with van der Waals surface area (Å²) in [6.45, 7) is 1.89. The molecule has 0 amide bonds. The third kappa shape index (κ3) is 4.37. The van der Waals surface area contributed by atoms with Crippen LogP contribution in [0.5, 0.6) is 5.75 Å². The quantitative estimate of drug-likeness (QED) is 0.777. The molecule has 0 saturated carbocycles. The molecule has 19 heavy (non-hydrogen) atoms. The average molecular weight is 263 g/mol. The number of imidazole rings is 1. The minimum atomic E-state index is -0.282. The summed E-state index contributed by atoms with van der Waals surface area (Å²) in [6, 6.07) is 4.73. The van der Waals surface area contributed by atoms with E-state index in [0.717, 1.165) is 18.5 Å². The van der Waals surface area contributed by atoms with Crippen LogP contribution in [-0.4, -0.2) is 22.7 Å². The van der Waals surface area contributed by atoms with Gasteiger partial charge in [-0.2, -0.15) is 0 Å². The first kappa shape index (κ1) is 13.5. The monoisotopic (exact) mass is 263 g/mol. The molecule has 0 bridgehead atoms. The molecule has 1 aromatic heterocycles. The maximum Gasteiger partial charge on any atom is 0.127 e.